The number of carbonyl (C=O) groups is 1. The predicted octanol–water partition coefficient (Wildman–Crippen LogP) is 3.18. The van der Waals surface area contributed by atoms with E-state index in [0.717, 1.165) is 42.2 Å². The van der Waals surface area contributed by atoms with Crippen LogP contribution in [0.1, 0.15) is 30.9 Å². The summed E-state index contributed by atoms with van der Waals surface area (Å²) in [6.45, 7) is 1.41. The van der Waals surface area contributed by atoms with Crippen LogP contribution in [0.5, 0.6) is 5.75 Å². The third-order valence-electron chi connectivity index (χ3n) is 3.93. The molecule has 0 amide bonds. The Morgan fingerprint density at radius 3 is 2.68 bits per heavy atom. The highest BCUT2D eigenvalue weighted by molar-refractivity contribution is 6.32. The van der Waals surface area contributed by atoms with Crippen LogP contribution in [0.15, 0.2) is 21.3 Å². The highest BCUT2D eigenvalue weighted by atomic mass is 35.5. The lowest BCUT2D eigenvalue weighted by molar-refractivity contribution is -0.144. The molecule has 0 radical (unpaired) electrons. The Kier molecular flexibility index (Phi) is 3.83. The second-order valence-corrected chi connectivity index (χ2v) is 5.84. The number of carboxylic acids is 1. The Labute approximate surface area is 131 Å². The Balaban J connectivity index is 2.14. The standard InChI is InChI=1S/C16H15ClO5/c1-8(15(18)19)21-14-7-13-11(6-12(14)17)9-4-2-3-5-10(9)16(20)22-13/h6-8H,2-5H2,1H3,(H,18,19)/t8-/m1/s1. The summed E-state index contributed by atoms with van der Waals surface area (Å²) < 4.78 is 10.7. The summed E-state index contributed by atoms with van der Waals surface area (Å²) in [7, 11) is 0. The monoisotopic (exact) mass is 322 g/mol. The van der Waals surface area contributed by atoms with Crippen LogP contribution < -0.4 is 10.4 Å². The van der Waals surface area contributed by atoms with Crippen LogP contribution in [-0.2, 0) is 17.6 Å². The SMILES string of the molecule is C[C@@H](Oc1cc2oc(=O)c3c(c2cc1Cl)CCCC3)C(=O)O. The molecular formula is C16H15ClO5. The van der Waals surface area contributed by atoms with E-state index in [9.17, 15) is 9.59 Å². The molecule has 1 aliphatic rings. The third-order valence-corrected chi connectivity index (χ3v) is 4.22. The summed E-state index contributed by atoms with van der Waals surface area (Å²) in [6, 6.07) is 3.18. The third kappa shape index (κ3) is 2.57. The zero-order valence-electron chi connectivity index (χ0n) is 12.0. The van der Waals surface area contributed by atoms with Crippen molar-refractivity contribution < 1.29 is 19.1 Å². The zero-order valence-corrected chi connectivity index (χ0v) is 12.8. The van der Waals surface area contributed by atoms with Gasteiger partial charge in [0.25, 0.3) is 0 Å². The summed E-state index contributed by atoms with van der Waals surface area (Å²) in [6.07, 6.45) is 2.50. The fraction of sp³-hybridized carbons (Fsp3) is 0.375. The maximum absolute atomic E-state index is 12.1. The maximum atomic E-state index is 12.1. The fourth-order valence-corrected chi connectivity index (χ4v) is 2.98. The van der Waals surface area contributed by atoms with Gasteiger partial charge in [0, 0.05) is 17.0 Å². The van der Waals surface area contributed by atoms with Crippen LogP contribution in [0.3, 0.4) is 0 Å². The Bertz CT molecular complexity index is 808. The number of ether oxygens (including phenoxy) is 1. The van der Waals surface area contributed by atoms with Gasteiger partial charge in [0.05, 0.1) is 5.02 Å². The highest BCUT2D eigenvalue weighted by Crippen LogP contribution is 2.34. The molecule has 1 aromatic carbocycles. The molecule has 0 bridgehead atoms. The summed E-state index contributed by atoms with van der Waals surface area (Å²) in [5, 5.41) is 10.0. The average molecular weight is 323 g/mol. The molecule has 0 unspecified atom stereocenters. The van der Waals surface area contributed by atoms with Crippen molar-refractivity contribution in [3.63, 3.8) is 0 Å². The molecule has 2 aromatic rings. The largest absolute Gasteiger partial charge is 0.479 e. The van der Waals surface area contributed by atoms with Crippen molar-refractivity contribution in [2.45, 2.75) is 38.7 Å². The van der Waals surface area contributed by atoms with Crippen molar-refractivity contribution in [1.29, 1.82) is 0 Å². The molecule has 5 nitrogen and oxygen atoms in total. The first-order valence-corrected chi connectivity index (χ1v) is 7.52. The molecule has 3 rings (SSSR count). The summed E-state index contributed by atoms with van der Waals surface area (Å²) >= 11 is 6.20. The van der Waals surface area contributed by atoms with Crippen LogP contribution in [0, 0.1) is 0 Å². The number of fused-ring (bicyclic) bond motifs is 3. The van der Waals surface area contributed by atoms with E-state index in [1.165, 1.54) is 13.0 Å². The van der Waals surface area contributed by atoms with E-state index >= 15 is 0 Å². The number of halogens is 1. The van der Waals surface area contributed by atoms with E-state index in [4.69, 9.17) is 25.9 Å². The Morgan fingerprint density at radius 2 is 2.00 bits per heavy atom. The molecule has 22 heavy (non-hydrogen) atoms. The normalized spacial score (nSPS) is 15.4. The minimum Gasteiger partial charge on any atom is -0.479 e. The lowest BCUT2D eigenvalue weighted by atomic mass is 9.90. The minimum atomic E-state index is -1.09. The molecule has 0 aliphatic heterocycles. The summed E-state index contributed by atoms with van der Waals surface area (Å²) in [5.41, 5.74) is 1.75. The van der Waals surface area contributed by atoms with Crippen LogP contribution >= 0.6 is 11.6 Å². The number of aliphatic carboxylic acids is 1. The number of rotatable bonds is 3. The van der Waals surface area contributed by atoms with Crippen molar-refractivity contribution >= 4 is 28.5 Å². The van der Waals surface area contributed by atoms with E-state index in [1.807, 2.05) is 0 Å². The van der Waals surface area contributed by atoms with E-state index in [-0.39, 0.29) is 11.4 Å². The van der Waals surface area contributed by atoms with Gasteiger partial charge >= 0.3 is 11.6 Å². The molecule has 0 spiro atoms. The van der Waals surface area contributed by atoms with Crippen LogP contribution in [-0.4, -0.2) is 17.2 Å². The van der Waals surface area contributed by atoms with Crippen molar-refractivity contribution in [3.8, 4) is 5.75 Å². The van der Waals surface area contributed by atoms with E-state index in [1.54, 1.807) is 6.07 Å². The second kappa shape index (κ2) is 5.65. The average Bonchev–Trinajstić information content (AvgIpc) is 2.49. The van der Waals surface area contributed by atoms with Gasteiger partial charge in [-0.3, -0.25) is 0 Å². The molecular weight excluding hydrogens is 308 g/mol. The van der Waals surface area contributed by atoms with Crippen molar-refractivity contribution in [1.82, 2.24) is 0 Å². The van der Waals surface area contributed by atoms with Gasteiger partial charge in [0.15, 0.2) is 6.10 Å². The first kappa shape index (κ1) is 14.9. The van der Waals surface area contributed by atoms with E-state index in [2.05, 4.69) is 0 Å². The van der Waals surface area contributed by atoms with Crippen molar-refractivity contribution in [2.24, 2.45) is 0 Å². The van der Waals surface area contributed by atoms with Gasteiger partial charge in [-0.25, -0.2) is 9.59 Å². The number of hydrogen-bond donors (Lipinski definition) is 1. The molecule has 1 aromatic heterocycles. The second-order valence-electron chi connectivity index (χ2n) is 5.43. The summed E-state index contributed by atoms with van der Waals surface area (Å²) in [5.74, 6) is -0.897. The van der Waals surface area contributed by atoms with Gasteiger partial charge in [-0.15, -0.1) is 0 Å². The van der Waals surface area contributed by atoms with Crippen molar-refractivity contribution in [3.05, 3.63) is 38.7 Å². The lowest BCUT2D eigenvalue weighted by Crippen LogP contribution is -2.23. The van der Waals surface area contributed by atoms with Gasteiger partial charge in [-0.05, 0) is 44.2 Å². The van der Waals surface area contributed by atoms with Crippen molar-refractivity contribution in [2.75, 3.05) is 0 Å². The molecule has 1 atom stereocenters. The number of benzene rings is 1. The lowest BCUT2D eigenvalue weighted by Gasteiger charge is -2.17. The predicted molar refractivity (Wildman–Crippen MR) is 81.9 cm³/mol. The quantitative estimate of drug-likeness (QED) is 0.878. The van der Waals surface area contributed by atoms with Gasteiger partial charge in [-0.1, -0.05) is 11.6 Å². The summed E-state index contributed by atoms with van der Waals surface area (Å²) in [4.78, 5) is 23.0. The molecule has 1 heterocycles. The van der Waals surface area contributed by atoms with Gasteiger partial charge in [0.2, 0.25) is 0 Å². The highest BCUT2D eigenvalue weighted by Gasteiger charge is 2.21. The van der Waals surface area contributed by atoms with Gasteiger partial charge in [0.1, 0.15) is 11.3 Å². The Hall–Kier alpha value is -2.01. The van der Waals surface area contributed by atoms with Crippen LogP contribution in [0.25, 0.3) is 11.0 Å². The topological polar surface area (TPSA) is 76.7 Å². The molecule has 0 saturated carbocycles. The number of aryl methyl sites for hydroxylation is 1. The molecule has 0 saturated heterocycles. The molecule has 116 valence electrons. The number of carboxylic acid groups (broad SMARTS) is 1. The van der Waals surface area contributed by atoms with Crippen LogP contribution in [0.2, 0.25) is 5.02 Å². The molecule has 0 fully saturated rings. The fourth-order valence-electron chi connectivity index (χ4n) is 2.78. The smallest absolute Gasteiger partial charge is 0.344 e. The molecule has 1 N–H and O–H groups in total. The van der Waals surface area contributed by atoms with E-state index in [0.29, 0.717) is 10.6 Å². The zero-order chi connectivity index (χ0) is 15.9. The Morgan fingerprint density at radius 1 is 1.32 bits per heavy atom. The van der Waals surface area contributed by atoms with Gasteiger partial charge in [-0.2, -0.15) is 0 Å². The van der Waals surface area contributed by atoms with Gasteiger partial charge < -0.3 is 14.3 Å². The first-order valence-electron chi connectivity index (χ1n) is 7.15. The first-order chi connectivity index (χ1) is 10.5. The van der Waals surface area contributed by atoms with E-state index < -0.39 is 12.1 Å². The maximum Gasteiger partial charge on any atom is 0.344 e. The van der Waals surface area contributed by atoms with Crippen LogP contribution in [0.4, 0.5) is 0 Å². The molecule has 6 heteroatoms. The molecule has 1 aliphatic carbocycles. The minimum absolute atomic E-state index is 0.197. The number of hydrogen-bond acceptors (Lipinski definition) is 4.